The molecule has 1 atom stereocenters. The Bertz CT molecular complexity index is 1070. The number of rotatable bonds is 5. The Hall–Kier alpha value is -2.73. The molecule has 0 aliphatic heterocycles. The van der Waals surface area contributed by atoms with Gasteiger partial charge in [0, 0.05) is 28.7 Å². The molecule has 25 heavy (non-hydrogen) atoms. The van der Waals surface area contributed by atoms with Crippen molar-refractivity contribution in [3.8, 4) is 5.75 Å². The standard InChI is InChI=1S/C19H17N3O2S/c1-11(18(23)14-10-20-15-6-4-3-5-13(14)15)25-19-21-16-8-7-12(24-2)9-17(16)22-19/h3-11,20H,1-2H3,(H,21,22)/t11-/m0/s1. The van der Waals surface area contributed by atoms with Crippen LogP contribution in [-0.2, 0) is 0 Å². The number of para-hydroxylation sites is 1. The largest absolute Gasteiger partial charge is 0.497 e. The van der Waals surface area contributed by atoms with Crippen LogP contribution < -0.4 is 4.74 Å². The zero-order valence-electron chi connectivity index (χ0n) is 13.9. The van der Waals surface area contributed by atoms with Crippen molar-refractivity contribution in [2.75, 3.05) is 7.11 Å². The highest BCUT2D eigenvalue weighted by molar-refractivity contribution is 8.00. The second-order valence-corrected chi connectivity index (χ2v) is 7.13. The smallest absolute Gasteiger partial charge is 0.178 e. The molecule has 5 nitrogen and oxygen atoms in total. The highest BCUT2D eigenvalue weighted by Gasteiger charge is 2.21. The minimum Gasteiger partial charge on any atom is -0.497 e. The van der Waals surface area contributed by atoms with Gasteiger partial charge in [-0.1, -0.05) is 30.0 Å². The third-order valence-electron chi connectivity index (χ3n) is 4.18. The number of methoxy groups -OCH3 is 1. The van der Waals surface area contributed by atoms with Crippen LogP contribution in [0.5, 0.6) is 5.75 Å². The van der Waals surface area contributed by atoms with Gasteiger partial charge in [0.15, 0.2) is 10.9 Å². The number of aromatic nitrogens is 3. The maximum atomic E-state index is 12.8. The van der Waals surface area contributed by atoms with E-state index in [4.69, 9.17) is 4.74 Å². The predicted octanol–water partition coefficient (Wildman–Crippen LogP) is 4.42. The minimum absolute atomic E-state index is 0.0838. The number of imidazole rings is 1. The third kappa shape index (κ3) is 2.89. The van der Waals surface area contributed by atoms with Gasteiger partial charge in [-0.15, -0.1) is 0 Å². The summed E-state index contributed by atoms with van der Waals surface area (Å²) in [6.07, 6.45) is 1.79. The number of ketones is 1. The van der Waals surface area contributed by atoms with E-state index in [-0.39, 0.29) is 11.0 Å². The molecule has 2 aromatic heterocycles. The van der Waals surface area contributed by atoms with Crippen LogP contribution in [0.4, 0.5) is 0 Å². The molecule has 0 spiro atoms. The van der Waals surface area contributed by atoms with Crippen molar-refractivity contribution in [1.29, 1.82) is 0 Å². The summed E-state index contributed by atoms with van der Waals surface area (Å²) in [5.74, 6) is 0.858. The lowest BCUT2D eigenvalue weighted by Gasteiger charge is -2.07. The SMILES string of the molecule is COc1ccc2nc(S[C@@H](C)C(=O)c3c[nH]c4ccccc34)[nH]c2c1. The van der Waals surface area contributed by atoms with E-state index >= 15 is 0 Å². The molecule has 126 valence electrons. The van der Waals surface area contributed by atoms with E-state index in [1.807, 2.05) is 49.4 Å². The number of fused-ring (bicyclic) bond motifs is 2. The second-order valence-electron chi connectivity index (χ2n) is 5.80. The summed E-state index contributed by atoms with van der Waals surface area (Å²) in [4.78, 5) is 23.8. The molecular weight excluding hydrogens is 334 g/mol. The van der Waals surface area contributed by atoms with Crippen LogP contribution in [0.2, 0.25) is 0 Å². The van der Waals surface area contributed by atoms with Crippen LogP contribution in [0.3, 0.4) is 0 Å². The van der Waals surface area contributed by atoms with Crippen molar-refractivity contribution in [1.82, 2.24) is 15.0 Å². The third-order valence-corrected chi connectivity index (χ3v) is 5.16. The topological polar surface area (TPSA) is 70.8 Å². The first-order valence-corrected chi connectivity index (χ1v) is 8.84. The van der Waals surface area contributed by atoms with Gasteiger partial charge in [-0.2, -0.15) is 0 Å². The zero-order valence-corrected chi connectivity index (χ0v) is 14.7. The average Bonchev–Trinajstić information content (AvgIpc) is 3.23. The first-order chi connectivity index (χ1) is 12.2. The number of H-pyrrole nitrogens is 2. The number of thioether (sulfide) groups is 1. The van der Waals surface area contributed by atoms with Crippen molar-refractivity contribution >= 4 is 39.5 Å². The van der Waals surface area contributed by atoms with E-state index in [1.54, 1.807) is 13.3 Å². The summed E-state index contributed by atoms with van der Waals surface area (Å²) in [6, 6.07) is 13.5. The molecule has 0 bridgehead atoms. The molecule has 0 radical (unpaired) electrons. The van der Waals surface area contributed by atoms with E-state index in [0.29, 0.717) is 5.56 Å². The van der Waals surface area contributed by atoms with Crippen molar-refractivity contribution in [3.63, 3.8) is 0 Å². The number of hydrogen-bond donors (Lipinski definition) is 2. The maximum absolute atomic E-state index is 12.8. The highest BCUT2D eigenvalue weighted by Crippen LogP contribution is 2.29. The van der Waals surface area contributed by atoms with Gasteiger partial charge < -0.3 is 14.7 Å². The number of benzene rings is 2. The number of Topliss-reactive ketones (excluding diaryl/α,β-unsaturated/α-hetero) is 1. The Morgan fingerprint density at radius 1 is 1.20 bits per heavy atom. The fraction of sp³-hybridized carbons (Fsp3) is 0.158. The minimum atomic E-state index is -0.248. The van der Waals surface area contributed by atoms with Gasteiger partial charge in [0.05, 0.1) is 23.4 Å². The van der Waals surface area contributed by atoms with E-state index in [1.165, 1.54) is 11.8 Å². The molecule has 0 amide bonds. The summed E-state index contributed by atoms with van der Waals surface area (Å²) in [7, 11) is 1.63. The monoisotopic (exact) mass is 351 g/mol. The van der Waals surface area contributed by atoms with Crippen LogP contribution in [0.25, 0.3) is 21.9 Å². The summed E-state index contributed by atoms with van der Waals surface area (Å²) >= 11 is 1.43. The van der Waals surface area contributed by atoms with E-state index in [9.17, 15) is 4.79 Å². The zero-order chi connectivity index (χ0) is 17.4. The van der Waals surface area contributed by atoms with Crippen LogP contribution in [0, 0.1) is 0 Å². The molecule has 0 aliphatic rings. The van der Waals surface area contributed by atoms with Crippen LogP contribution in [-0.4, -0.2) is 33.1 Å². The Morgan fingerprint density at radius 3 is 2.88 bits per heavy atom. The molecule has 0 aliphatic carbocycles. The number of nitrogens with zero attached hydrogens (tertiary/aromatic N) is 1. The van der Waals surface area contributed by atoms with Crippen molar-refractivity contribution < 1.29 is 9.53 Å². The predicted molar refractivity (Wildman–Crippen MR) is 101 cm³/mol. The van der Waals surface area contributed by atoms with Gasteiger partial charge in [-0.3, -0.25) is 4.79 Å². The molecule has 2 heterocycles. The lowest BCUT2D eigenvalue weighted by Crippen LogP contribution is -2.13. The van der Waals surface area contributed by atoms with Crippen molar-refractivity contribution in [3.05, 3.63) is 54.2 Å². The molecule has 4 aromatic rings. The van der Waals surface area contributed by atoms with Crippen LogP contribution in [0.15, 0.2) is 53.8 Å². The van der Waals surface area contributed by atoms with Gasteiger partial charge >= 0.3 is 0 Å². The van der Waals surface area contributed by atoms with E-state index < -0.39 is 0 Å². The Kier molecular flexibility index (Phi) is 3.97. The molecule has 4 rings (SSSR count). The van der Waals surface area contributed by atoms with Crippen molar-refractivity contribution in [2.45, 2.75) is 17.3 Å². The molecule has 2 aromatic carbocycles. The lowest BCUT2D eigenvalue weighted by atomic mass is 10.1. The number of aromatic amines is 2. The Balaban J connectivity index is 1.59. The molecule has 0 saturated heterocycles. The number of hydrogen-bond acceptors (Lipinski definition) is 4. The Labute approximate surface area is 148 Å². The quantitative estimate of drug-likeness (QED) is 0.412. The first-order valence-electron chi connectivity index (χ1n) is 7.96. The summed E-state index contributed by atoms with van der Waals surface area (Å²) in [6.45, 7) is 1.91. The molecule has 6 heteroatoms. The maximum Gasteiger partial charge on any atom is 0.178 e. The van der Waals surface area contributed by atoms with Gasteiger partial charge in [-0.05, 0) is 25.1 Å². The highest BCUT2D eigenvalue weighted by atomic mass is 32.2. The van der Waals surface area contributed by atoms with Gasteiger partial charge in [0.25, 0.3) is 0 Å². The number of nitrogens with one attached hydrogen (secondary N) is 2. The summed E-state index contributed by atoms with van der Waals surface area (Å²) in [5.41, 5.74) is 3.44. The first kappa shape index (κ1) is 15.8. The number of carbonyl (C=O) groups is 1. The van der Waals surface area contributed by atoms with E-state index in [0.717, 1.165) is 32.8 Å². The van der Waals surface area contributed by atoms with Crippen LogP contribution >= 0.6 is 11.8 Å². The molecule has 0 unspecified atom stereocenters. The average molecular weight is 351 g/mol. The molecular formula is C19H17N3O2S. The molecule has 2 N–H and O–H groups in total. The lowest BCUT2D eigenvalue weighted by molar-refractivity contribution is 0.0995. The second kappa shape index (κ2) is 6.29. The number of carbonyl (C=O) groups excluding carboxylic acids is 1. The number of ether oxygens (including phenoxy) is 1. The van der Waals surface area contributed by atoms with Gasteiger partial charge in [-0.25, -0.2) is 4.98 Å². The molecule has 0 saturated carbocycles. The summed E-state index contributed by atoms with van der Waals surface area (Å²) in [5, 5.41) is 1.43. The van der Waals surface area contributed by atoms with E-state index in [2.05, 4.69) is 15.0 Å². The summed E-state index contributed by atoms with van der Waals surface area (Å²) < 4.78 is 5.23. The fourth-order valence-corrected chi connectivity index (χ4v) is 3.75. The normalized spacial score (nSPS) is 12.6. The van der Waals surface area contributed by atoms with Crippen LogP contribution in [0.1, 0.15) is 17.3 Å². The van der Waals surface area contributed by atoms with Gasteiger partial charge in [0.2, 0.25) is 0 Å². The van der Waals surface area contributed by atoms with Gasteiger partial charge in [0.1, 0.15) is 5.75 Å². The fourth-order valence-electron chi connectivity index (χ4n) is 2.86. The Morgan fingerprint density at radius 2 is 2.04 bits per heavy atom. The molecule has 0 fully saturated rings. The van der Waals surface area contributed by atoms with Crippen molar-refractivity contribution in [2.24, 2.45) is 0 Å².